The third kappa shape index (κ3) is 2.84. The molecule has 3 N–H and O–H groups in total. The van der Waals surface area contributed by atoms with Gasteiger partial charge in [-0.3, -0.25) is 0 Å². The van der Waals surface area contributed by atoms with Crippen molar-refractivity contribution in [1.82, 2.24) is 5.32 Å². The van der Waals surface area contributed by atoms with Gasteiger partial charge in [0, 0.05) is 12.1 Å². The van der Waals surface area contributed by atoms with Crippen molar-refractivity contribution in [1.29, 1.82) is 0 Å². The largest absolute Gasteiger partial charge is 0.504 e. The van der Waals surface area contributed by atoms with E-state index in [1.54, 1.807) is 25.2 Å². The van der Waals surface area contributed by atoms with Crippen molar-refractivity contribution in [3.63, 3.8) is 0 Å². The lowest BCUT2D eigenvalue weighted by Crippen LogP contribution is -2.16. The standard InChI is InChI=1S/C11H17NO3/c1-3-15-10-6-4-5-8(11(10)14)9(13)7-12-2/h4-6,9,12-14H,3,7H2,1-2H3. The molecule has 1 rings (SSSR count). The van der Waals surface area contributed by atoms with Gasteiger partial charge in [-0.1, -0.05) is 12.1 Å². The molecule has 0 aliphatic heterocycles. The summed E-state index contributed by atoms with van der Waals surface area (Å²) in [6.07, 6.45) is -0.726. The molecular formula is C11H17NO3. The number of ether oxygens (including phenoxy) is 1. The van der Waals surface area contributed by atoms with E-state index in [-0.39, 0.29) is 5.75 Å². The normalized spacial score (nSPS) is 12.5. The van der Waals surface area contributed by atoms with Crippen molar-refractivity contribution in [3.8, 4) is 11.5 Å². The highest BCUT2D eigenvalue weighted by atomic mass is 16.5. The molecule has 0 bridgehead atoms. The fraction of sp³-hybridized carbons (Fsp3) is 0.455. The van der Waals surface area contributed by atoms with Gasteiger partial charge in [-0.15, -0.1) is 0 Å². The number of aromatic hydroxyl groups is 1. The first-order valence-electron chi connectivity index (χ1n) is 4.98. The average molecular weight is 211 g/mol. The minimum atomic E-state index is -0.726. The summed E-state index contributed by atoms with van der Waals surface area (Å²) in [6, 6.07) is 5.10. The Morgan fingerprint density at radius 1 is 1.47 bits per heavy atom. The van der Waals surface area contributed by atoms with Crippen LogP contribution in [-0.4, -0.2) is 30.4 Å². The first-order chi connectivity index (χ1) is 7.20. The summed E-state index contributed by atoms with van der Waals surface area (Å²) in [5.41, 5.74) is 0.482. The Hall–Kier alpha value is -1.26. The molecule has 1 aromatic rings. The van der Waals surface area contributed by atoms with Crippen LogP contribution in [0.15, 0.2) is 18.2 Å². The molecule has 0 aliphatic carbocycles. The Kier molecular flexibility index (Phi) is 4.39. The van der Waals surface area contributed by atoms with Crippen molar-refractivity contribution in [2.45, 2.75) is 13.0 Å². The van der Waals surface area contributed by atoms with Crippen LogP contribution in [0.25, 0.3) is 0 Å². The third-order valence-corrected chi connectivity index (χ3v) is 2.09. The van der Waals surface area contributed by atoms with E-state index in [9.17, 15) is 10.2 Å². The summed E-state index contributed by atoms with van der Waals surface area (Å²) >= 11 is 0. The van der Waals surface area contributed by atoms with Crippen LogP contribution in [0.4, 0.5) is 0 Å². The van der Waals surface area contributed by atoms with Crippen molar-refractivity contribution in [3.05, 3.63) is 23.8 Å². The maximum atomic E-state index is 9.80. The molecule has 0 radical (unpaired) electrons. The van der Waals surface area contributed by atoms with Gasteiger partial charge in [-0.2, -0.15) is 0 Å². The van der Waals surface area contributed by atoms with E-state index in [0.717, 1.165) is 0 Å². The van der Waals surface area contributed by atoms with E-state index in [1.165, 1.54) is 0 Å². The molecule has 4 heteroatoms. The molecule has 4 nitrogen and oxygen atoms in total. The Bertz CT molecular complexity index is 315. The second-order valence-electron chi connectivity index (χ2n) is 3.20. The fourth-order valence-electron chi connectivity index (χ4n) is 1.38. The number of benzene rings is 1. The molecule has 0 amide bonds. The second-order valence-corrected chi connectivity index (χ2v) is 3.20. The maximum absolute atomic E-state index is 9.80. The summed E-state index contributed by atoms with van der Waals surface area (Å²) in [6.45, 7) is 2.72. The number of phenolic OH excluding ortho intramolecular Hbond substituents is 1. The van der Waals surface area contributed by atoms with Crippen molar-refractivity contribution in [2.24, 2.45) is 0 Å². The first-order valence-corrected chi connectivity index (χ1v) is 4.98. The van der Waals surface area contributed by atoms with Gasteiger partial charge in [0.1, 0.15) is 0 Å². The SMILES string of the molecule is CCOc1cccc(C(O)CNC)c1O. The number of aliphatic hydroxyl groups excluding tert-OH is 1. The average Bonchev–Trinajstić information content (AvgIpc) is 2.22. The minimum absolute atomic E-state index is 0.0158. The molecule has 15 heavy (non-hydrogen) atoms. The van der Waals surface area contributed by atoms with Gasteiger partial charge in [-0.05, 0) is 20.0 Å². The van der Waals surface area contributed by atoms with Crippen LogP contribution in [0.2, 0.25) is 0 Å². The highest BCUT2D eigenvalue weighted by Crippen LogP contribution is 2.33. The lowest BCUT2D eigenvalue weighted by molar-refractivity contribution is 0.172. The van der Waals surface area contributed by atoms with Gasteiger partial charge in [-0.25, -0.2) is 0 Å². The number of rotatable bonds is 5. The monoisotopic (exact) mass is 211 g/mol. The van der Waals surface area contributed by atoms with Gasteiger partial charge in [0.25, 0.3) is 0 Å². The Morgan fingerprint density at radius 3 is 2.80 bits per heavy atom. The number of aliphatic hydroxyl groups is 1. The number of hydrogen-bond acceptors (Lipinski definition) is 4. The zero-order valence-electron chi connectivity index (χ0n) is 9.03. The van der Waals surface area contributed by atoms with Crippen LogP contribution in [0.3, 0.4) is 0 Å². The number of phenols is 1. The molecule has 1 unspecified atom stereocenters. The topological polar surface area (TPSA) is 61.7 Å². The fourth-order valence-corrected chi connectivity index (χ4v) is 1.38. The minimum Gasteiger partial charge on any atom is -0.504 e. The summed E-state index contributed by atoms with van der Waals surface area (Å²) in [5.74, 6) is 0.423. The van der Waals surface area contributed by atoms with Crippen LogP contribution in [0, 0.1) is 0 Å². The van der Waals surface area contributed by atoms with Crippen LogP contribution < -0.4 is 10.1 Å². The van der Waals surface area contributed by atoms with Crippen molar-refractivity contribution >= 4 is 0 Å². The lowest BCUT2D eigenvalue weighted by Gasteiger charge is -2.14. The predicted molar refractivity (Wildman–Crippen MR) is 58.2 cm³/mol. The van der Waals surface area contributed by atoms with E-state index in [1.807, 2.05) is 6.92 Å². The maximum Gasteiger partial charge on any atom is 0.163 e. The molecule has 0 aliphatic rings. The molecule has 0 spiro atoms. The molecule has 0 fully saturated rings. The smallest absolute Gasteiger partial charge is 0.163 e. The Morgan fingerprint density at radius 2 is 2.20 bits per heavy atom. The Balaban J connectivity index is 2.92. The zero-order valence-corrected chi connectivity index (χ0v) is 9.03. The lowest BCUT2D eigenvalue weighted by atomic mass is 10.1. The van der Waals surface area contributed by atoms with Crippen LogP contribution in [0.5, 0.6) is 11.5 Å². The second kappa shape index (κ2) is 5.58. The van der Waals surface area contributed by atoms with Gasteiger partial charge < -0.3 is 20.3 Å². The molecule has 1 atom stereocenters. The van der Waals surface area contributed by atoms with Crippen LogP contribution >= 0.6 is 0 Å². The summed E-state index contributed by atoms with van der Waals surface area (Å²) in [5, 5.41) is 22.4. The van der Waals surface area contributed by atoms with Crippen LogP contribution in [0.1, 0.15) is 18.6 Å². The molecule has 1 aromatic carbocycles. The molecule has 0 saturated heterocycles. The van der Waals surface area contributed by atoms with Gasteiger partial charge >= 0.3 is 0 Å². The quantitative estimate of drug-likeness (QED) is 0.681. The van der Waals surface area contributed by atoms with Crippen molar-refractivity contribution in [2.75, 3.05) is 20.2 Å². The molecule has 0 saturated carbocycles. The Labute approximate surface area is 89.5 Å². The van der Waals surface area contributed by atoms with Crippen molar-refractivity contribution < 1.29 is 14.9 Å². The zero-order chi connectivity index (χ0) is 11.3. The summed E-state index contributed by atoms with van der Waals surface area (Å²) < 4.78 is 5.22. The summed E-state index contributed by atoms with van der Waals surface area (Å²) in [7, 11) is 1.74. The highest BCUT2D eigenvalue weighted by Gasteiger charge is 2.14. The van der Waals surface area contributed by atoms with Gasteiger partial charge in [0.05, 0.1) is 12.7 Å². The number of likely N-dealkylation sites (N-methyl/N-ethyl adjacent to an activating group) is 1. The molecule has 84 valence electrons. The molecule has 0 aromatic heterocycles. The number of nitrogens with one attached hydrogen (secondary N) is 1. The number of para-hydroxylation sites is 1. The van der Waals surface area contributed by atoms with E-state index in [2.05, 4.69) is 5.32 Å². The van der Waals surface area contributed by atoms with Gasteiger partial charge in [0.15, 0.2) is 11.5 Å². The predicted octanol–water partition coefficient (Wildman–Crippen LogP) is 1.04. The number of hydrogen-bond donors (Lipinski definition) is 3. The van der Waals surface area contributed by atoms with E-state index < -0.39 is 6.10 Å². The van der Waals surface area contributed by atoms with E-state index >= 15 is 0 Å². The van der Waals surface area contributed by atoms with E-state index in [0.29, 0.717) is 24.5 Å². The molecular weight excluding hydrogens is 194 g/mol. The van der Waals surface area contributed by atoms with Crippen LogP contribution in [-0.2, 0) is 0 Å². The molecule has 0 heterocycles. The van der Waals surface area contributed by atoms with E-state index in [4.69, 9.17) is 4.74 Å². The highest BCUT2D eigenvalue weighted by molar-refractivity contribution is 5.46. The third-order valence-electron chi connectivity index (χ3n) is 2.09. The first kappa shape index (κ1) is 11.8. The summed E-state index contributed by atoms with van der Waals surface area (Å²) in [4.78, 5) is 0. The van der Waals surface area contributed by atoms with Gasteiger partial charge in [0.2, 0.25) is 0 Å².